The molecule has 0 radical (unpaired) electrons. The van der Waals surface area contributed by atoms with E-state index in [4.69, 9.17) is 4.74 Å². The lowest BCUT2D eigenvalue weighted by atomic mass is 10.0. The number of aliphatic carboxylic acids is 1. The second-order valence-electron chi connectivity index (χ2n) is 8.15. The molecule has 4 rings (SSSR count). The lowest BCUT2D eigenvalue weighted by Crippen LogP contribution is -2.34. The van der Waals surface area contributed by atoms with E-state index in [9.17, 15) is 27.5 Å². The molecule has 1 aromatic heterocycles. The molecule has 0 amide bonds. The van der Waals surface area contributed by atoms with Crippen LogP contribution in [0.25, 0.3) is 22.0 Å². The van der Waals surface area contributed by atoms with Crippen LogP contribution in [0.5, 0.6) is 5.75 Å². The van der Waals surface area contributed by atoms with Crippen LogP contribution in [0.2, 0.25) is 0 Å². The number of carboxylic acid groups (broad SMARTS) is 1. The minimum Gasteiger partial charge on any atom is -0.497 e. The molecule has 0 fully saturated rings. The molecule has 3 aromatic carbocycles. The number of aromatic nitrogens is 3. The Hall–Kier alpha value is -4.12. The van der Waals surface area contributed by atoms with Crippen molar-refractivity contribution in [3.05, 3.63) is 82.4 Å². The molecule has 186 valence electrons. The van der Waals surface area contributed by atoms with E-state index in [-0.39, 0.29) is 22.6 Å². The molecule has 11 heteroatoms. The van der Waals surface area contributed by atoms with Gasteiger partial charge in [-0.25, -0.2) is 17.5 Å². The molecule has 0 spiro atoms. The molecule has 1 heterocycles. The van der Waals surface area contributed by atoms with Gasteiger partial charge in [-0.2, -0.15) is 0 Å². The van der Waals surface area contributed by atoms with E-state index in [1.54, 1.807) is 31.2 Å². The van der Waals surface area contributed by atoms with Gasteiger partial charge in [-0.3, -0.25) is 9.59 Å². The molecule has 9 nitrogen and oxygen atoms in total. The molecule has 1 unspecified atom stereocenters. The molecule has 0 aliphatic rings. The van der Waals surface area contributed by atoms with Crippen LogP contribution in [-0.2, 0) is 21.2 Å². The van der Waals surface area contributed by atoms with E-state index in [0.717, 1.165) is 4.68 Å². The fourth-order valence-corrected chi connectivity index (χ4v) is 5.33. The number of fused-ring (bicyclic) bond motifs is 1. The monoisotopic (exact) mass is 511 g/mol. The Bertz CT molecular complexity index is 1620. The van der Waals surface area contributed by atoms with E-state index >= 15 is 0 Å². The van der Waals surface area contributed by atoms with Gasteiger partial charge < -0.3 is 9.84 Å². The quantitative estimate of drug-likeness (QED) is 0.382. The van der Waals surface area contributed by atoms with Crippen LogP contribution >= 0.6 is 0 Å². The van der Waals surface area contributed by atoms with Crippen molar-refractivity contribution in [2.24, 2.45) is 0 Å². The topological polar surface area (TPSA) is 128 Å². The third-order valence-electron chi connectivity index (χ3n) is 5.86. The number of carbonyl (C=O) groups is 1. The first-order chi connectivity index (χ1) is 17.1. The summed E-state index contributed by atoms with van der Waals surface area (Å²) >= 11 is 0. The van der Waals surface area contributed by atoms with E-state index < -0.39 is 33.0 Å². The van der Waals surface area contributed by atoms with Crippen LogP contribution in [-0.4, -0.2) is 46.8 Å². The molecule has 0 aliphatic heterocycles. The first-order valence-electron chi connectivity index (χ1n) is 10.9. The molecule has 4 aromatic rings. The Morgan fingerprint density at radius 3 is 2.42 bits per heavy atom. The molecule has 36 heavy (non-hydrogen) atoms. The molecule has 1 atom stereocenters. The number of halogens is 1. The predicted molar refractivity (Wildman–Crippen MR) is 130 cm³/mol. The lowest BCUT2D eigenvalue weighted by molar-refractivity contribution is -0.136. The minimum atomic E-state index is -4.29. The van der Waals surface area contributed by atoms with E-state index in [2.05, 4.69) is 10.3 Å². The summed E-state index contributed by atoms with van der Waals surface area (Å²) < 4.78 is 45.9. The number of benzene rings is 3. The largest absolute Gasteiger partial charge is 0.497 e. The number of sulfone groups is 1. The van der Waals surface area contributed by atoms with Gasteiger partial charge in [0.15, 0.2) is 15.1 Å². The average Bonchev–Trinajstić information content (AvgIpc) is 2.86. The zero-order chi connectivity index (χ0) is 26.0. The summed E-state index contributed by atoms with van der Waals surface area (Å²) in [6.07, 6.45) is -0.402. The van der Waals surface area contributed by atoms with Crippen molar-refractivity contribution in [3.8, 4) is 16.9 Å². The maximum atomic E-state index is 13.6. The molecule has 0 saturated carbocycles. The van der Waals surface area contributed by atoms with Gasteiger partial charge in [0.05, 0.1) is 17.4 Å². The second kappa shape index (κ2) is 9.86. The van der Waals surface area contributed by atoms with E-state index in [0.29, 0.717) is 28.0 Å². The highest BCUT2D eigenvalue weighted by Crippen LogP contribution is 2.26. The summed E-state index contributed by atoms with van der Waals surface area (Å²) in [4.78, 5) is 24.5. The maximum absolute atomic E-state index is 13.6. The van der Waals surface area contributed by atoms with Gasteiger partial charge in [-0.1, -0.05) is 23.4 Å². The zero-order valence-electron chi connectivity index (χ0n) is 19.4. The Balaban J connectivity index is 1.59. The minimum absolute atomic E-state index is 0.181. The van der Waals surface area contributed by atoms with Crippen molar-refractivity contribution in [1.82, 2.24) is 15.0 Å². The molecule has 0 saturated heterocycles. The normalized spacial score (nSPS) is 12.4. The Morgan fingerprint density at radius 2 is 1.78 bits per heavy atom. The summed E-state index contributed by atoms with van der Waals surface area (Å²) in [6, 6.07) is 14.9. The van der Waals surface area contributed by atoms with Gasteiger partial charge in [0.1, 0.15) is 17.1 Å². The number of nitrogens with zero attached hydrogens (tertiary/aromatic N) is 3. The van der Waals surface area contributed by atoms with E-state index in [1.807, 2.05) is 0 Å². The summed E-state index contributed by atoms with van der Waals surface area (Å²) in [5, 5.41) is 15.8. The Labute approximate surface area is 205 Å². The molecular formula is C25H22FN3O6S. The van der Waals surface area contributed by atoms with Crippen LogP contribution in [0.4, 0.5) is 4.39 Å². The summed E-state index contributed by atoms with van der Waals surface area (Å²) in [6.45, 7) is 1.35. The van der Waals surface area contributed by atoms with Crippen LogP contribution < -0.4 is 10.3 Å². The van der Waals surface area contributed by atoms with Gasteiger partial charge in [-0.05, 0) is 72.5 Å². The Morgan fingerprint density at radius 1 is 1.08 bits per heavy atom. The maximum Gasteiger partial charge on any atom is 0.322 e. The van der Waals surface area contributed by atoms with Gasteiger partial charge in [0, 0.05) is 6.54 Å². The molecule has 0 aliphatic carbocycles. The fraction of sp³-hybridized carbons (Fsp3) is 0.200. The number of hydrogen-bond acceptors (Lipinski definition) is 7. The van der Waals surface area contributed by atoms with Crippen LogP contribution in [0.3, 0.4) is 0 Å². The number of aryl methyl sites for hydroxylation is 2. The molecular weight excluding hydrogens is 489 g/mol. The summed E-state index contributed by atoms with van der Waals surface area (Å²) in [7, 11) is -2.85. The molecule has 1 N–H and O–H groups in total. The third-order valence-corrected chi connectivity index (χ3v) is 7.97. The van der Waals surface area contributed by atoms with Gasteiger partial charge in [0.2, 0.25) is 0 Å². The number of hydrogen-bond donors (Lipinski definition) is 1. The fourth-order valence-electron chi connectivity index (χ4n) is 3.81. The smallest absolute Gasteiger partial charge is 0.322 e. The predicted octanol–water partition coefficient (Wildman–Crippen LogP) is 3.23. The van der Waals surface area contributed by atoms with Crippen LogP contribution in [0.15, 0.2) is 70.4 Å². The summed E-state index contributed by atoms with van der Waals surface area (Å²) in [5.41, 5.74) is 1.58. The van der Waals surface area contributed by atoms with Gasteiger partial charge in [0.25, 0.3) is 5.56 Å². The third kappa shape index (κ3) is 4.82. The van der Waals surface area contributed by atoms with E-state index in [1.165, 1.54) is 43.5 Å². The molecule has 0 bridgehead atoms. The van der Waals surface area contributed by atoms with Crippen molar-refractivity contribution in [2.45, 2.75) is 30.0 Å². The highest BCUT2D eigenvalue weighted by atomic mass is 32.2. The summed E-state index contributed by atoms with van der Waals surface area (Å²) in [5.74, 6) is -1.46. The first kappa shape index (κ1) is 25.0. The second-order valence-corrected chi connectivity index (χ2v) is 10.3. The zero-order valence-corrected chi connectivity index (χ0v) is 20.2. The average molecular weight is 512 g/mol. The number of ether oxygens (including phenoxy) is 1. The van der Waals surface area contributed by atoms with Crippen molar-refractivity contribution in [1.29, 1.82) is 0 Å². The van der Waals surface area contributed by atoms with Crippen molar-refractivity contribution in [2.75, 3.05) is 7.11 Å². The van der Waals surface area contributed by atoms with Crippen LogP contribution in [0, 0.1) is 12.7 Å². The first-order valence-corrected chi connectivity index (χ1v) is 12.4. The number of carboxylic acids is 1. The van der Waals surface area contributed by atoms with Gasteiger partial charge in [-0.15, -0.1) is 5.10 Å². The SMILES string of the molecule is COc1ccc2nnn(CCC(C(=O)O)S(=O)(=O)c3ccc(-c4ccc(F)c(C)c4)cc3)c(=O)c2c1. The van der Waals surface area contributed by atoms with Crippen LogP contribution in [0.1, 0.15) is 12.0 Å². The van der Waals surface area contributed by atoms with Crippen molar-refractivity contribution in [3.63, 3.8) is 0 Å². The lowest BCUT2D eigenvalue weighted by Gasteiger charge is -2.15. The highest BCUT2D eigenvalue weighted by molar-refractivity contribution is 7.92. The standard InChI is InChI=1S/C25H22FN3O6S/c1-15-13-17(5-9-21(15)26)16-3-7-19(8-4-16)36(33,34)23(25(31)32)11-12-29-24(30)20-14-18(35-2)6-10-22(20)27-28-29/h3-10,13-14,23H,11-12H2,1-2H3,(H,31,32). The number of methoxy groups -OCH3 is 1. The number of rotatable bonds is 8. The Kier molecular flexibility index (Phi) is 6.84. The highest BCUT2D eigenvalue weighted by Gasteiger charge is 2.34. The van der Waals surface area contributed by atoms with Crippen molar-refractivity contribution >= 4 is 26.7 Å². The van der Waals surface area contributed by atoms with Gasteiger partial charge >= 0.3 is 5.97 Å². The van der Waals surface area contributed by atoms with Crippen molar-refractivity contribution < 1.29 is 27.4 Å².